The summed E-state index contributed by atoms with van der Waals surface area (Å²) in [6.45, 7) is 0.218. The molecule has 102 valence electrons. The fourth-order valence-electron chi connectivity index (χ4n) is 1.43. The zero-order valence-electron chi connectivity index (χ0n) is 10.4. The van der Waals surface area contributed by atoms with E-state index < -0.39 is 5.91 Å². The lowest BCUT2D eigenvalue weighted by molar-refractivity contribution is -0.114. The quantitative estimate of drug-likeness (QED) is 0.428. The van der Waals surface area contributed by atoms with Gasteiger partial charge in [-0.1, -0.05) is 41.7 Å². The van der Waals surface area contributed by atoms with Gasteiger partial charge in [-0.25, -0.2) is 0 Å². The summed E-state index contributed by atoms with van der Waals surface area (Å²) in [5, 5.41) is 22.3. The number of carbonyl (C=O) groups is 1. The summed E-state index contributed by atoms with van der Waals surface area (Å²) >= 11 is 1.39. The van der Waals surface area contributed by atoms with Gasteiger partial charge in [0.15, 0.2) is 5.71 Å². The molecular formula is C12H12N6OS. The van der Waals surface area contributed by atoms with Gasteiger partial charge in [0.2, 0.25) is 0 Å². The Kier molecular flexibility index (Phi) is 4.51. The van der Waals surface area contributed by atoms with Crippen LogP contribution < -0.4 is 11.2 Å². The zero-order chi connectivity index (χ0) is 14.4. The Balaban J connectivity index is 2.01. The van der Waals surface area contributed by atoms with E-state index in [4.69, 9.17) is 11.3 Å². The van der Waals surface area contributed by atoms with Crippen molar-refractivity contribution in [2.75, 3.05) is 0 Å². The molecule has 2 aromatic rings. The predicted octanol–water partition coefficient (Wildman–Crippen LogP) is 0.786. The number of nitrogens with two attached hydrogens (primary N) is 1. The van der Waals surface area contributed by atoms with E-state index in [1.165, 1.54) is 11.3 Å². The number of rotatable bonds is 5. The number of hydrogen-bond acceptors (Lipinski definition) is 7. The first-order valence-corrected chi connectivity index (χ1v) is 6.50. The van der Waals surface area contributed by atoms with E-state index in [0.717, 1.165) is 16.8 Å². The minimum absolute atomic E-state index is 0.141. The Morgan fingerprint density at radius 2 is 2.15 bits per heavy atom. The van der Waals surface area contributed by atoms with Crippen LogP contribution in [0, 0.1) is 5.41 Å². The van der Waals surface area contributed by atoms with Crippen LogP contribution in [-0.2, 0) is 11.3 Å². The second-order valence-electron chi connectivity index (χ2n) is 3.71. The number of hydrogen-bond donors (Lipinski definition) is 3. The molecule has 1 aromatic heterocycles. The fraction of sp³-hybridized carbons (Fsp3) is 0.0833. The van der Waals surface area contributed by atoms with Crippen LogP contribution in [0.4, 0.5) is 0 Å². The molecule has 1 heterocycles. The third-order valence-corrected chi connectivity index (χ3v) is 3.37. The molecule has 0 saturated heterocycles. The largest absolute Gasteiger partial charge is 0.344 e. The molecule has 0 spiro atoms. The Hall–Kier alpha value is -2.61. The Labute approximate surface area is 119 Å². The lowest BCUT2D eigenvalue weighted by Crippen LogP contribution is -2.32. The van der Waals surface area contributed by atoms with Crippen LogP contribution in [-0.4, -0.2) is 28.0 Å². The van der Waals surface area contributed by atoms with E-state index in [1.54, 1.807) is 0 Å². The Bertz CT molecular complexity index is 636. The van der Waals surface area contributed by atoms with E-state index in [2.05, 4.69) is 20.6 Å². The highest BCUT2D eigenvalue weighted by molar-refractivity contribution is 7.14. The molecule has 0 bridgehead atoms. The Morgan fingerprint density at radius 3 is 2.80 bits per heavy atom. The van der Waals surface area contributed by atoms with E-state index >= 15 is 0 Å². The van der Waals surface area contributed by atoms with Crippen molar-refractivity contribution in [1.29, 1.82) is 5.41 Å². The van der Waals surface area contributed by atoms with Crippen LogP contribution in [0.2, 0.25) is 0 Å². The molecule has 1 amide bonds. The third-order valence-electron chi connectivity index (χ3n) is 2.40. The topological polar surface area (TPSA) is 117 Å². The van der Waals surface area contributed by atoms with Gasteiger partial charge in [-0.3, -0.25) is 4.79 Å². The zero-order valence-corrected chi connectivity index (χ0v) is 11.2. The number of amides is 1. The molecule has 0 atom stereocenters. The normalized spacial score (nSPS) is 11.1. The number of nitrogens with zero attached hydrogens (tertiary/aromatic N) is 3. The predicted molar refractivity (Wildman–Crippen MR) is 77.6 cm³/mol. The maximum atomic E-state index is 11.5. The molecule has 0 aliphatic carbocycles. The molecule has 20 heavy (non-hydrogen) atoms. The molecular weight excluding hydrogens is 276 g/mol. The van der Waals surface area contributed by atoms with Gasteiger partial charge in [-0.05, 0) is 0 Å². The summed E-state index contributed by atoms with van der Waals surface area (Å²) in [6.07, 6.45) is 0.796. The summed E-state index contributed by atoms with van der Waals surface area (Å²) < 4.78 is 0. The summed E-state index contributed by atoms with van der Waals surface area (Å²) in [5.74, 6) is 4.47. The van der Waals surface area contributed by atoms with Gasteiger partial charge in [-0.15, -0.1) is 10.2 Å². The molecule has 0 radical (unpaired) electrons. The average molecular weight is 288 g/mol. The van der Waals surface area contributed by atoms with Gasteiger partial charge in [0.1, 0.15) is 10.0 Å². The number of hydrazone groups is 1. The van der Waals surface area contributed by atoms with Crippen molar-refractivity contribution in [2.45, 2.75) is 6.54 Å². The van der Waals surface area contributed by atoms with Crippen molar-refractivity contribution in [2.24, 2.45) is 10.9 Å². The molecule has 1 aromatic carbocycles. The van der Waals surface area contributed by atoms with Crippen LogP contribution in [0.25, 0.3) is 10.6 Å². The SMILES string of the molecule is N=C/C(=N\N)C(=O)NCc1nnc(-c2ccccc2)s1. The molecule has 0 saturated carbocycles. The Morgan fingerprint density at radius 1 is 1.40 bits per heavy atom. The average Bonchev–Trinajstić information content (AvgIpc) is 2.96. The lowest BCUT2D eigenvalue weighted by atomic mass is 10.2. The molecule has 7 nitrogen and oxygen atoms in total. The van der Waals surface area contributed by atoms with Crippen LogP contribution in [0.1, 0.15) is 5.01 Å². The number of aromatic nitrogens is 2. The first-order chi connectivity index (χ1) is 9.74. The van der Waals surface area contributed by atoms with Crippen molar-refractivity contribution < 1.29 is 4.79 Å². The molecule has 0 fully saturated rings. The number of benzene rings is 1. The second kappa shape index (κ2) is 6.53. The van der Waals surface area contributed by atoms with E-state index in [1.807, 2.05) is 30.3 Å². The molecule has 0 aliphatic rings. The van der Waals surface area contributed by atoms with Crippen LogP contribution in [0.3, 0.4) is 0 Å². The van der Waals surface area contributed by atoms with Crippen LogP contribution in [0.15, 0.2) is 35.4 Å². The highest BCUT2D eigenvalue weighted by Crippen LogP contribution is 2.22. The lowest BCUT2D eigenvalue weighted by Gasteiger charge is -2.00. The molecule has 0 aliphatic heterocycles. The summed E-state index contributed by atoms with van der Waals surface area (Å²) in [7, 11) is 0. The number of nitrogens with one attached hydrogen (secondary N) is 2. The minimum atomic E-state index is -0.515. The molecule has 2 rings (SSSR count). The first kappa shape index (κ1) is 13.8. The highest BCUT2D eigenvalue weighted by Gasteiger charge is 2.10. The van der Waals surface area contributed by atoms with Gasteiger partial charge < -0.3 is 16.6 Å². The van der Waals surface area contributed by atoms with Crippen molar-refractivity contribution in [1.82, 2.24) is 15.5 Å². The first-order valence-electron chi connectivity index (χ1n) is 5.69. The minimum Gasteiger partial charge on any atom is -0.344 e. The van der Waals surface area contributed by atoms with Gasteiger partial charge >= 0.3 is 0 Å². The van der Waals surface area contributed by atoms with Gasteiger partial charge in [0.05, 0.1) is 12.8 Å². The van der Waals surface area contributed by atoms with Gasteiger partial charge in [0.25, 0.3) is 5.91 Å². The molecule has 4 N–H and O–H groups in total. The molecule has 0 unspecified atom stereocenters. The maximum absolute atomic E-state index is 11.5. The van der Waals surface area contributed by atoms with Crippen molar-refractivity contribution in [3.63, 3.8) is 0 Å². The van der Waals surface area contributed by atoms with Gasteiger partial charge in [0, 0.05) is 5.56 Å². The molecule has 8 heteroatoms. The maximum Gasteiger partial charge on any atom is 0.273 e. The van der Waals surface area contributed by atoms with E-state index in [-0.39, 0.29) is 12.3 Å². The smallest absolute Gasteiger partial charge is 0.273 e. The van der Waals surface area contributed by atoms with Gasteiger partial charge in [-0.2, -0.15) is 5.10 Å². The van der Waals surface area contributed by atoms with E-state index in [0.29, 0.717) is 5.01 Å². The standard InChI is InChI=1S/C12H12N6OS/c13-6-9(16-14)11(19)15-7-10-17-18-12(20-10)8-4-2-1-3-5-8/h1-6,13H,7,14H2,(H,15,19)/b13-6?,16-9+. The van der Waals surface area contributed by atoms with Crippen LogP contribution >= 0.6 is 11.3 Å². The third kappa shape index (κ3) is 3.23. The summed E-state index contributed by atoms with van der Waals surface area (Å²) in [4.78, 5) is 11.5. The van der Waals surface area contributed by atoms with E-state index in [9.17, 15) is 4.79 Å². The van der Waals surface area contributed by atoms with Crippen molar-refractivity contribution in [3.8, 4) is 10.6 Å². The monoisotopic (exact) mass is 288 g/mol. The number of carbonyl (C=O) groups excluding carboxylic acids is 1. The highest BCUT2D eigenvalue weighted by atomic mass is 32.1. The van der Waals surface area contributed by atoms with Crippen LogP contribution in [0.5, 0.6) is 0 Å². The van der Waals surface area contributed by atoms with Crippen molar-refractivity contribution >= 4 is 29.2 Å². The fourth-order valence-corrected chi connectivity index (χ4v) is 2.22. The second-order valence-corrected chi connectivity index (χ2v) is 4.77. The summed E-state index contributed by atoms with van der Waals surface area (Å²) in [5.41, 5.74) is 0.837. The van der Waals surface area contributed by atoms with Crippen molar-refractivity contribution in [3.05, 3.63) is 35.3 Å². The summed E-state index contributed by atoms with van der Waals surface area (Å²) in [6, 6.07) is 9.66.